The molecule has 12 aromatic rings. The maximum atomic E-state index is 12.6. The average molecular weight is 1050 g/mol. The van der Waals surface area contributed by atoms with Crippen molar-refractivity contribution in [2.75, 3.05) is 0 Å². The van der Waals surface area contributed by atoms with Gasteiger partial charge in [0, 0.05) is 42.3 Å². The van der Waals surface area contributed by atoms with E-state index >= 15 is 0 Å². The van der Waals surface area contributed by atoms with E-state index < -0.39 is 5.60 Å². The lowest BCUT2D eigenvalue weighted by Crippen LogP contribution is -2.29. The van der Waals surface area contributed by atoms with Gasteiger partial charge in [0.15, 0.2) is 16.9 Å². The molecule has 354 valence electrons. The molecule has 1 N–H and O–H groups in total. The summed E-state index contributed by atoms with van der Waals surface area (Å²) in [6, 6.07) is 81.2. The normalized spacial score (nSPS) is 11.7. The summed E-state index contributed by atoms with van der Waals surface area (Å²) in [7, 11) is 0. The summed E-state index contributed by atoms with van der Waals surface area (Å²) >= 11 is 15.6. The summed E-state index contributed by atoms with van der Waals surface area (Å²) in [6.07, 6.45) is 0. The third-order valence-electron chi connectivity index (χ3n) is 12.2. The van der Waals surface area contributed by atoms with Crippen molar-refractivity contribution in [2.24, 2.45) is 0 Å². The van der Waals surface area contributed by atoms with Crippen molar-refractivity contribution in [3.8, 4) is 45.2 Å². The molecule has 12 rings (SSSR count). The van der Waals surface area contributed by atoms with E-state index in [0.717, 1.165) is 43.3 Å². The van der Waals surface area contributed by atoms with Crippen LogP contribution in [0.1, 0.15) is 32.6 Å². The van der Waals surface area contributed by atoms with Crippen molar-refractivity contribution < 1.29 is 18.7 Å². The summed E-state index contributed by atoms with van der Waals surface area (Å²) in [5.74, 6) is 1.01. The van der Waals surface area contributed by atoms with Crippen LogP contribution in [-0.2, 0) is 5.60 Å². The van der Waals surface area contributed by atoms with Crippen LogP contribution < -0.4 is 0 Å². The van der Waals surface area contributed by atoms with Crippen molar-refractivity contribution in [2.45, 2.75) is 5.60 Å². The predicted molar refractivity (Wildman–Crippen MR) is 299 cm³/mol. The predicted octanol–water partition coefficient (Wildman–Crippen LogP) is 17.6. The van der Waals surface area contributed by atoms with Gasteiger partial charge >= 0.3 is 0 Å². The Kier molecular flexibility index (Phi) is 14.7. The molecule has 2 heterocycles. The maximum Gasteiger partial charge on any atom is 0.227 e. The number of hydrogen-bond acceptors (Lipinski definition) is 6. The first-order valence-electron chi connectivity index (χ1n) is 23.4. The monoisotopic (exact) mass is 1050 g/mol. The first kappa shape index (κ1) is 48.5. The lowest BCUT2D eigenvalue weighted by atomic mass is 9.77. The number of carbonyl (C=O) groups excluding carboxylic acids is 1. The SMILES string of the molecule is Brc1ccccc1-c1ccccc1.O=C(c1ccc(Cl)cc1)c1ccc2nc(-c3ccccc3)oc2c1.OC(c1ccc(Cl)cc1)(c1ccc2nc(-c3ccccc3)oc2c1)c1ccccc1-c1ccccc1. The number of ketones is 1. The molecule has 0 aliphatic carbocycles. The Morgan fingerprint density at radius 2 is 0.836 bits per heavy atom. The second-order valence-corrected chi connectivity index (χ2v) is 18.7. The Morgan fingerprint density at radius 1 is 0.425 bits per heavy atom. The Morgan fingerprint density at radius 3 is 1.38 bits per heavy atom. The molecule has 1 unspecified atom stereocenters. The Balaban J connectivity index is 0.000000141. The topological polar surface area (TPSA) is 89.4 Å². The molecular weight excluding hydrogens is 1010 g/mol. The minimum Gasteiger partial charge on any atom is -0.436 e. The van der Waals surface area contributed by atoms with Gasteiger partial charge in [-0.05, 0) is 130 Å². The van der Waals surface area contributed by atoms with Crippen LogP contribution in [-0.4, -0.2) is 20.9 Å². The first-order chi connectivity index (χ1) is 35.7. The third kappa shape index (κ3) is 10.9. The largest absolute Gasteiger partial charge is 0.436 e. The van der Waals surface area contributed by atoms with E-state index in [2.05, 4.69) is 62.3 Å². The zero-order chi connectivity index (χ0) is 50.2. The van der Waals surface area contributed by atoms with E-state index in [1.54, 1.807) is 54.6 Å². The second kappa shape index (κ2) is 22.1. The highest BCUT2D eigenvalue weighted by Gasteiger charge is 2.36. The molecule has 0 spiro atoms. The highest BCUT2D eigenvalue weighted by molar-refractivity contribution is 9.10. The standard InChI is InChI=1S/C32H22ClNO2.C20H12ClNO2.C12H9Br/c33-26-18-15-24(16-19-26)32(35,28-14-8-7-13-27(28)22-9-3-1-4-10-22)25-17-20-29-30(21-25)36-31(34-29)23-11-5-2-6-12-23;21-16-9-6-13(7-10-16)19(23)15-8-11-17-18(12-15)24-20(22-17)14-4-2-1-3-5-14;13-12-9-5-4-8-11(12)10-6-2-1-3-7-10/h1-21,35H;1-12H;1-9H. The molecule has 73 heavy (non-hydrogen) atoms. The van der Waals surface area contributed by atoms with Gasteiger partial charge in [0.25, 0.3) is 0 Å². The summed E-state index contributed by atoms with van der Waals surface area (Å²) in [5.41, 5.74) is 10.7. The van der Waals surface area contributed by atoms with Crippen LogP contribution >= 0.6 is 39.1 Å². The minimum absolute atomic E-state index is 0.0776. The molecule has 6 nitrogen and oxygen atoms in total. The number of benzene rings is 10. The van der Waals surface area contributed by atoms with E-state index in [0.29, 0.717) is 55.2 Å². The van der Waals surface area contributed by atoms with Gasteiger partial charge in [-0.25, -0.2) is 9.97 Å². The van der Waals surface area contributed by atoms with Gasteiger partial charge in [0.05, 0.1) is 0 Å². The fourth-order valence-corrected chi connectivity index (χ4v) is 9.31. The third-order valence-corrected chi connectivity index (χ3v) is 13.4. The minimum atomic E-state index is -1.47. The van der Waals surface area contributed by atoms with Gasteiger partial charge in [-0.2, -0.15) is 0 Å². The van der Waals surface area contributed by atoms with Gasteiger partial charge in [-0.1, -0.05) is 197 Å². The van der Waals surface area contributed by atoms with Gasteiger partial charge in [0.1, 0.15) is 16.6 Å². The summed E-state index contributed by atoms with van der Waals surface area (Å²) < 4.78 is 13.1. The van der Waals surface area contributed by atoms with Crippen molar-refractivity contribution in [1.82, 2.24) is 9.97 Å². The number of halogens is 3. The van der Waals surface area contributed by atoms with Crippen LogP contribution in [0.25, 0.3) is 67.4 Å². The number of fused-ring (bicyclic) bond motifs is 2. The van der Waals surface area contributed by atoms with E-state index in [1.807, 2.05) is 164 Å². The molecular formula is C64H43BrCl2N2O4. The van der Waals surface area contributed by atoms with Crippen molar-refractivity contribution in [3.63, 3.8) is 0 Å². The van der Waals surface area contributed by atoms with Crippen LogP contribution in [0.4, 0.5) is 0 Å². The number of aromatic nitrogens is 2. The van der Waals surface area contributed by atoms with E-state index in [1.165, 1.54) is 11.1 Å². The average Bonchev–Trinajstić information content (AvgIpc) is 4.09. The molecule has 10 aromatic carbocycles. The molecule has 0 bridgehead atoms. The molecule has 0 saturated carbocycles. The number of rotatable bonds is 9. The van der Waals surface area contributed by atoms with Gasteiger partial charge in [-0.15, -0.1) is 0 Å². The second-order valence-electron chi connectivity index (χ2n) is 16.9. The van der Waals surface area contributed by atoms with Crippen LogP contribution in [0.15, 0.2) is 268 Å². The molecule has 9 heteroatoms. The zero-order valence-electron chi connectivity index (χ0n) is 38.9. The zero-order valence-corrected chi connectivity index (χ0v) is 42.0. The van der Waals surface area contributed by atoms with Crippen molar-refractivity contribution >= 4 is 67.1 Å². The number of oxazole rings is 2. The molecule has 2 aromatic heterocycles. The smallest absolute Gasteiger partial charge is 0.227 e. The molecule has 0 aliphatic rings. The van der Waals surface area contributed by atoms with Crippen LogP contribution in [0.3, 0.4) is 0 Å². The first-order valence-corrected chi connectivity index (χ1v) is 24.9. The number of nitrogens with zero attached hydrogens (tertiary/aromatic N) is 2. The van der Waals surface area contributed by atoms with Gasteiger partial charge in [-0.3, -0.25) is 4.79 Å². The lowest BCUT2D eigenvalue weighted by molar-refractivity contribution is 0.103. The lowest BCUT2D eigenvalue weighted by Gasteiger charge is -2.32. The Labute approximate surface area is 441 Å². The molecule has 0 fully saturated rings. The molecule has 0 radical (unpaired) electrons. The number of aliphatic hydroxyl groups is 1. The van der Waals surface area contributed by atoms with E-state index in [4.69, 9.17) is 32.0 Å². The van der Waals surface area contributed by atoms with E-state index in [9.17, 15) is 9.90 Å². The molecule has 0 aliphatic heterocycles. The fraction of sp³-hybridized carbons (Fsp3) is 0.0156. The van der Waals surface area contributed by atoms with Crippen LogP contribution in [0, 0.1) is 0 Å². The Hall–Kier alpha value is -8.17. The Bertz CT molecular complexity index is 3790. The maximum absolute atomic E-state index is 12.6. The summed E-state index contributed by atoms with van der Waals surface area (Å²) in [5, 5.41) is 13.8. The van der Waals surface area contributed by atoms with Crippen LogP contribution in [0.5, 0.6) is 0 Å². The van der Waals surface area contributed by atoms with Crippen molar-refractivity contribution in [3.05, 3.63) is 297 Å². The molecule has 0 amide bonds. The van der Waals surface area contributed by atoms with Gasteiger partial charge < -0.3 is 13.9 Å². The van der Waals surface area contributed by atoms with E-state index in [-0.39, 0.29) is 5.78 Å². The van der Waals surface area contributed by atoms with Crippen LogP contribution in [0.2, 0.25) is 10.0 Å². The number of carbonyl (C=O) groups is 1. The van der Waals surface area contributed by atoms with Gasteiger partial charge in [0.2, 0.25) is 11.8 Å². The summed E-state index contributed by atoms with van der Waals surface area (Å²) in [4.78, 5) is 21.7. The number of hydrogen-bond donors (Lipinski definition) is 1. The fourth-order valence-electron chi connectivity index (χ4n) is 8.54. The molecule has 0 saturated heterocycles. The van der Waals surface area contributed by atoms with Crippen molar-refractivity contribution in [1.29, 1.82) is 0 Å². The quantitative estimate of drug-likeness (QED) is 0.114. The molecule has 1 atom stereocenters. The highest BCUT2D eigenvalue weighted by atomic mass is 79.9. The summed E-state index contributed by atoms with van der Waals surface area (Å²) in [6.45, 7) is 0. The highest BCUT2D eigenvalue weighted by Crippen LogP contribution is 2.43.